The molecule has 216 valence electrons. The smallest absolute Gasteiger partial charge is 0.254 e. The summed E-state index contributed by atoms with van der Waals surface area (Å²) in [7, 11) is 2.13. The summed E-state index contributed by atoms with van der Waals surface area (Å²) in [5, 5.41) is 9.29. The largest absolute Gasteiger partial charge is 0.379 e. The van der Waals surface area contributed by atoms with E-state index in [4.69, 9.17) is 10.5 Å². The van der Waals surface area contributed by atoms with E-state index in [0.29, 0.717) is 23.6 Å². The van der Waals surface area contributed by atoms with Crippen molar-refractivity contribution in [2.45, 2.75) is 0 Å². The molecule has 0 radical (unpaired) electrons. The van der Waals surface area contributed by atoms with E-state index in [2.05, 4.69) is 59.8 Å². The molecule has 12 heteroatoms. The third-order valence-electron chi connectivity index (χ3n) is 7.27. The molecule has 3 heterocycles. The van der Waals surface area contributed by atoms with Gasteiger partial charge < -0.3 is 36.2 Å². The SMILES string of the molecule is CN1CCN(c2ccc(Nc3nc(Nc4ccc(C(=O)NCCN5CCOCC5)cc4)ncc3C(N)=O)cc2)CC1. The molecule has 2 amide bonds. The van der Waals surface area contributed by atoms with Crippen LogP contribution in [0, 0.1) is 0 Å². The fraction of sp³-hybridized carbons (Fsp3) is 0.379. The molecule has 2 aromatic carbocycles. The van der Waals surface area contributed by atoms with Crippen LogP contribution in [0.1, 0.15) is 20.7 Å². The number of carbonyl (C=O) groups excluding carboxylic acids is 2. The molecule has 0 saturated carbocycles. The zero-order chi connectivity index (χ0) is 28.6. The molecule has 2 aliphatic heterocycles. The summed E-state index contributed by atoms with van der Waals surface area (Å²) < 4.78 is 5.35. The molecule has 0 unspecified atom stereocenters. The van der Waals surface area contributed by atoms with E-state index in [1.54, 1.807) is 24.3 Å². The zero-order valence-corrected chi connectivity index (χ0v) is 23.3. The lowest BCUT2D eigenvalue weighted by Crippen LogP contribution is -2.44. The number of hydrogen-bond acceptors (Lipinski definition) is 10. The van der Waals surface area contributed by atoms with Crippen LogP contribution in [-0.4, -0.2) is 104 Å². The quantitative estimate of drug-likeness (QED) is 0.291. The van der Waals surface area contributed by atoms with Crippen molar-refractivity contribution in [1.29, 1.82) is 0 Å². The molecule has 41 heavy (non-hydrogen) atoms. The predicted octanol–water partition coefficient (Wildman–Crippen LogP) is 1.88. The zero-order valence-electron chi connectivity index (χ0n) is 23.3. The van der Waals surface area contributed by atoms with Crippen LogP contribution in [0.5, 0.6) is 0 Å². The molecule has 5 rings (SSSR count). The number of nitrogens with two attached hydrogens (primary N) is 1. The highest BCUT2D eigenvalue weighted by Gasteiger charge is 2.16. The number of nitrogens with zero attached hydrogens (tertiary/aromatic N) is 5. The molecule has 1 aromatic heterocycles. The van der Waals surface area contributed by atoms with Crippen molar-refractivity contribution < 1.29 is 14.3 Å². The lowest BCUT2D eigenvalue weighted by atomic mass is 10.2. The fourth-order valence-corrected chi connectivity index (χ4v) is 4.76. The Kier molecular flexibility index (Phi) is 9.24. The molecule has 2 aliphatic rings. The second-order valence-electron chi connectivity index (χ2n) is 10.2. The molecule has 0 atom stereocenters. The normalized spacial score (nSPS) is 16.3. The minimum Gasteiger partial charge on any atom is -0.379 e. The Labute approximate surface area is 239 Å². The maximum absolute atomic E-state index is 12.5. The van der Waals surface area contributed by atoms with Gasteiger partial charge in [-0.05, 0) is 55.6 Å². The number of ether oxygens (including phenoxy) is 1. The van der Waals surface area contributed by atoms with Gasteiger partial charge in [0.1, 0.15) is 11.4 Å². The maximum Gasteiger partial charge on any atom is 0.254 e. The van der Waals surface area contributed by atoms with Crippen LogP contribution in [0.2, 0.25) is 0 Å². The van der Waals surface area contributed by atoms with Crippen molar-refractivity contribution in [2.75, 3.05) is 88.2 Å². The fourth-order valence-electron chi connectivity index (χ4n) is 4.76. The molecular formula is C29H37N9O3. The predicted molar refractivity (Wildman–Crippen MR) is 159 cm³/mol. The molecule has 0 aliphatic carbocycles. The number of piperazine rings is 1. The first-order chi connectivity index (χ1) is 19.9. The van der Waals surface area contributed by atoms with Crippen LogP contribution in [0.15, 0.2) is 54.7 Å². The van der Waals surface area contributed by atoms with Crippen LogP contribution in [0.3, 0.4) is 0 Å². The molecule has 5 N–H and O–H groups in total. The number of benzene rings is 2. The Hall–Kier alpha value is -4.26. The van der Waals surface area contributed by atoms with Crippen LogP contribution in [-0.2, 0) is 4.74 Å². The van der Waals surface area contributed by atoms with E-state index < -0.39 is 5.91 Å². The van der Waals surface area contributed by atoms with Crippen molar-refractivity contribution in [2.24, 2.45) is 5.73 Å². The van der Waals surface area contributed by atoms with Crippen LogP contribution in [0.25, 0.3) is 0 Å². The molecule has 0 bridgehead atoms. The van der Waals surface area contributed by atoms with Crippen molar-refractivity contribution in [1.82, 2.24) is 25.1 Å². The van der Waals surface area contributed by atoms with E-state index in [1.165, 1.54) is 6.20 Å². The van der Waals surface area contributed by atoms with E-state index >= 15 is 0 Å². The number of rotatable bonds is 10. The van der Waals surface area contributed by atoms with E-state index in [9.17, 15) is 9.59 Å². The number of likely N-dealkylation sites (N-methyl/N-ethyl adjacent to an activating group) is 1. The van der Waals surface area contributed by atoms with Gasteiger partial charge in [0.15, 0.2) is 0 Å². The third kappa shape index (κ3) is 7.69. The van der Waals surface area contributed by atoms with Crippen molar-refractivity contribution in [3.63, 3.8) is 0 Å². The van der Waals surface area contributed by atoms with Crippen molar-refractivity contribution in [3.8, 4) is 0 Å². The topological polar surface area (TPSA) is 141 Å². The average Bonchev–Trinajstić information content (AvgIpc) is 2.99. The second kappa shape index (κ2) is 13.4. The van der Waals surface area contributed by atoms with E-state index in [1.807, 2.05) is 12.1 Å². The van der Waals surface area contributed by atoms with E-state index in [0.717, 1.165) is 70.4 Å². The molecular weight excluding hydrogens is 522 g/mol. The second-order valence-corrected chi connectivity index (χ2v) is 10.2. The third-order valence-corrected chi connectivity index (χ3v) is 7.27. The number of morpholine rings is 1. The highest BCUT2D eigenvalue weighted by Crippen LogP contribution is 2.24. The Morgan fingerprint density at radius 1 is 0.902 bits per heavy atom. The van der Waals surface area contributed by atoms with Gasteiger partial charge in [-0.15, -0.1) is 0 Å². The monoisotopic (exact) mass is 559 g/mol. The number of hydrogen-bond donors (Lipinski definition) is 4. The molecule has 2 fully saturated rings. The highest BCUT2D eigenvalue weighted by atomic mass is 16.5. The number of nitrogens with one attached hydrogen (secondary N) is 3. The van der Waals surface area contributed by atoms with Gasteiger partial charge in [-0.2, -0.15) is 4.98 Å². The van der Waals surface area contributed by atoms with Crippen molar-refractivity contribution >= 4 is 40.6 Å². The summed E-state index contributed by atoms with van der Waals surface area (Å²) in [5.41, 5.74) is 8.96. The molecule has 12 nitrogen and oxygen atoms in total. The lowest BCUT2D eigenvalue weighted by Gasteiger charge is -2.34. The molecule has 0 spiro atoms. The summed E-state index contributed by atoms with van der Waals surface area (Å²) in [6.45, 7) is 8.65. The van der Waals surface area contributed by atoms with Gasteiger partial charge in [-0.1, -0.05) is 0 Å². The molecule has 2 saturated heterocycles. The van der Waals surface area contributed by atoms with Gasteiger partial charge in [-0.3, -0.25) is 14.5 Å². The maximum atomic E-state index is 12.5. The van der Waals surface area contributed by atoms with Crippen molar-refractivity contribution in [3.05, 3.63) is 65.9 Å². The Morgan fingerprint density at radius 3 is 2.24 bits per heavy atom. The van der Waals surface area contributed by atoms with Crippen LogP contribution >= 0.6 is 0 Å². The standard InChI is InChI=1S/C29H37N9O3/c1-36-12-14-38(15-13-36)24-8-6-22(7-9-24)33-27-25(26(30)39)20-32-29(35-27)34-23-4-2-21(3-5-23)28(40)31-10-11-37-16-18-41-19-17-37/h2-9,20H,10-19H2,1H3,(H2,30,39)(H,31,40)(H2,32,33,34,35). The number of aromatic nitrogens is 2. The van der Waals surface area contributed by atoms with Gasteiger partial charge in [-0.25, -0.2) is 4.98 Å². The first-order valence-electron chi connectivity index (χ1n) is 13.9. The van der Waals surface area contributed by atoms with E-state index in [-0.39, 0.29) is 17.4 Å². The highest BCUT2D eigenvalue weighted by molar-refractivity contribution is 5.98. The number of primary amides is 1. The minimum absolute atomic E-state index is 0.128. The van der Waals surface area contributed by atoms with Gasteiger partial charge in [0.05, 0.1) is 13.2 Å². The first kappa shape index (κ1) is 28.3. The van der Waals surface area contributed by atoms with Crippen LogP contribution in [0.4, 0.5) is 28.8 Å². The minimum atomic E-state index is -0.628. The van der Waals surface area contributed by atoms with Gasteiger partial charge >= 0.3 is 0 Å². The summed E-state index contributed by atoms with van der Waals surface area (Å²) in [4.78, 5) is 40.3. The Morgan fingerprint density at radius 2 is 1.56 bits per heavy atom. The number of amides is 2. The van der Waals surface area contributed by atoms with Gasteiger partial charge in [0.2, 0.25) is 5.95 Å². The lowest BCUT2D eigenvalue weighted by molar-refractivity contribution is 0.0383. The molecule has 3 aromatic rings. The summed E-state index contributed by atoms with van der Waals surface area (Å²) >= 11 is 0. The summed E-state index contributed by atoms with van der Waals surface area (Å²) in [5.74, 6) is -0.165. The Bertz CT molecular complexity index is 1320. The number of carbonyl (C=O) groups is 2. The number of anilines is 5. The van der Waals surface area contributed by atoms with Gasteiger partial charge in [0.25, 0.3) is 11.8 Å². The average molecular weight is 560 g/mol. The van der Waals surface area contributed by atoms with Crippen LogP contribution < -0.4 is 26.6 Å². The summed E-state index contributed by atoms with van der Waals surface area (Å²) in [6.07, 6.45) is 1.40. The summed E-state index contributed by atoms with van der Waals surface area (Å²) in [6, 6.07) is 15.1. The first-order valence-corrected chi connectivity index (χ1v) is 13.9. The van der Waals surface area contributed by atoms with Gasteiger partial charge in [0, 0.05) is 81.2 Å². The Balaban J connectivity index is 1.19.